The van der Waals surface area contributed by atoms with Crippen molar-refractivity contribution in [2.75, 3.05) is 6.61 Å². The van der Waals surface area contributed by atoms with Crippen LogP contribution < -0.4 is 0 Å². The molecule has 0 saturated heterocycles. The normalized spacial score (nSPS) is 15.7. The van der Waals surface area contributed by atoms with Crippen molar-refractivity contribution in [1.82, 2.24) is 0 Å². The Morgan fingerprint density at radius 1 is 1.05 bits per heavy atom. The standard InChI is InChI=1S/C12H16BrFO8/c1-6(16)19-4-9(20-5-15)10(21-7(2)17)11(12(13)14)22-8(3)18/h5,9-12H,4H2,1-3H3/t9-,10-,11+,12?/m1/s1. The fourth-order valence-corrected chi connectivity index (χ4v) is 1.89. The molecule has 0 aromatic rings. The van der Waals surface area contributed by atoms with Crippen molar-refractivity contribution < 1.29 is 42.5 Å². The van der Waals surface area contributed by atoms with Crippen molar-refractivity contribution in [1.29, 1.82) is 0 Å². The zero-order valence-electron chi connectivity index (χ0n) is 12.1. The predicted molar refractivity (Wildman–Crippen MR) is 72.5 cm³/mol. The van der Waals surface area contributed by atoms with Crippen molar-refractivity contribution in [2.24, 2.45) is 0 Å². The number of ether oxygens (including phenoxy) is 4. The molecule has 0 aliphatic carbocycles. The molecule has 10 heteroatoms. The van der Waals surface area contributed by atoms with Crippen molar-refractivity contribution in [3.05, 3.63) is 0 Å². The Hall–Kier alpha value is -1.71. The summed E-state index contributed by atoms with van der Waals surface area (Å²) < 4.78 is 32.5. The molecule has 0 N–H and O–H groups in total. The number of halogens is 2. The number of rotatable bonds is 9. The lowest BCUT2D eigenvalue weighted by atomic mass is 10.1. The molecule has 0 bridgehead atoms. The minimum Gasteiger partial charge on any atom is -0.462 e. The molecule has 0 aliphatic heterocycles. The summed E-state index contributed by atoms with van der Waals surface area (Å²) in [5.74, 6) is -2.38. The predicted octanol–water partition coefficient (Wildman–Crippen LogP) is 0.645. The minimum absolute atomic E-state index is 0.0109. The van der Waals surface area contributed by atoms with E-state index in [0.717, 1.165) is 20.8 Å². The van der Waals surface area contributed by atoms with E-state index in [1.807, 2.05) is 0 Å². The van der Waals surface area contributed by atoms with Crippen LogP contribution in [0.2, 0.25) is 0 Å². The van der Waals surface area contributed by atoms with Gasteiger partial charge in [-0.3, -0.25) is 19.2 Å². The molecule has 0 aromatic carbocycles. The van der Waals surface area contributed by atoms with Crippen LogP contribution in [0.4, 0.5) is 4.39 Å². The van der Waals surface area contributed by atoms with E-state index in [1.54, 1.807) is 0 Å². The van der Waals surface area contributed by atoms with Gasteiger partial charge in [0.2, 0.25) is 0 Å². The number of carbonyl (C=O) groups is 4. The molecule has 126 valence electrons. The highest BCUT2D eigenvalue weighted by atomic mass is 79.9. The van der Waals surface area contributed by atoms with Gasteiger partial charge in [-0.15, -0.1) is 0 Å². The summed E-state index contributed by atoms with van der Waals surface area (Å²) in [4.78, 5) is 43.6. The van der Waals surface area contributed by atoms with Gasteiger partial charge in [0.25, 0.3) is 6.47 Å². The molecule has 0 rings (SSSR count). The molecule has 4 atom stereocenters. The lowest BCUT2D eigenvalue weighted by molar-refractivity contribution is -0.187. The number of hydrogen-bond donors (Lipinski definition) is 0. The van der Waals surface area contributed by atoms with Gasteiger partial charge < -0.3 is 18.9 Å². The van der Waals surface area contributed by atoms with Crippen LogP contribution in [-0.4, -0.2) is 54.4 Å². The van der Waals surface area contributed by atoms with Gasteiger partial charge in [0.05, 0.1) is 0 Å². The first-order valence-electron chi connectivity index (χ1n) is 6.04. The van der Waals surface area contributed by atoms with Gasteiger partial charge in [-0.25, -0.2) is 4.39 Å². The van der Waals surface area contributed by atoms with Crippen LogP contribution in [0.15, 0.2) is 0 Å². The van der Waals surface area contributed by atoms with Gasteiger partial charge in [0.1, 0.15) is 6.61 Å². The van der Waals surface area contributed by atoms with Gasteiger partial charge in [-0.1, -0.05) is 0 Å². The van der Waals surface area contributed by atoms with Gasteiger partial charge in [0.15, 0.2) is 23.4 Å². The van der Waals surface area contributed by atoms with E-state index >= 15 is 0 Å². The van der Waals surface area contributed by atoms with Gasteiger partial charge in [0, 0.05) is 20.8 Å². The van der Waals surface area contributed by atoms with Crippen molar-refractivity contribution in [3.63, 3.8) is 0 Å². The monoisotopic (exact) mass is 386 g/mol. The Balaban J connectivity index is 5.37. The molecule has 0 aliphatic rings. The summed E-state index contributed by atoms with van der Waals surface area (Å²) >= 11 is 2.57. The number of hydrogen-bond acceptors (Lipinski definition) is 8. The number of alkyl halides is 2. The molecule has 0 aromatic heterocycles. The van der Waals surface area contributed by atoms with E-state index in [4.69, 9.17) is 9.47 Å². The Bertz CT molecular complexity index is 414. The maximum atomic E-state index is 13.6. The van der Waals surface area contributed by atoms with Gasteiger partial charge >= 0.3 is 17.9 Å². The molecule has 1 unspecified atom stereocenters. The van der Waals surface area contributed by atoms with Crippen molar-refractivity contribution >= 4 is 40.3 Å². The molecule has 0 fully saturated rings. The van der Waals surface area contributed by atoms with Crippen LogP contribution in [0.1, 0.15) is 20.8 Å². The third-order valence-corrected chi connectivity index (χ3v) is 2.74. The largest absolute Gasteiger partial charge is 0.462 e. The second kappa shape index (κ2) is 10.1. The Morgan fingerprint density at radius 2 is 1.55 bits per heavy atom. The summed E-state index contributed by atoms with van der Waals surface area (Å²) in [5, 5.41) is -1.92. The smallest absolute Gasteiger partial charge is 0.303 e. The first kappa shape index (κ1) is 20.3. The lowest BCUT2D eigenvalue weighted by Gasteiger charge is -2.31. The van der Waals surface area contributed by atoms with E-state index in [-0.39, 0.29) is 6.47 Å². The third kappa shape index (κ3) is 7.91. The Morgan fingerprint density at radius 3 is 1.91 bits per heavy atom. The second-order valence-corrected chi connectivity index (χ2v) is 4.93. The summed E-state index contributed by atoms with van der Waals surface area (Å²) in [6.07, 6.45) is -4.48. The Labute approximate surface area is 134 Å². The fourth-order valence-electron chi connectivity index (χ4n) is 1.48. The van der Waals surface area contributed by atoms with Crippen molar-refractivity contribution in [3.8, 4) is 0 Å². The highest BCUT2D eigenvalue weighted by Crippen LogP contribution is 2.22. The molecule has 22 heavy (non-hydrogen) atoms. The van der Waals surface area contributed by atoms with Crippen LogP contribution in [0.3, 0.4) is 0 Å². The first-order valence-corrected chi connectivity index (χ1v) is 6.95. The summed E-state index contributed by atoms with van der Waals surface area (Å²) in [6, 6.07) is 0. The highest BCUT2D eigenvalue weighted by Gasteiger charge is 2.41. The van der Waals surface area contributed by atoms with Crippen molar-refractivity contribution in [2.45, 2.75) is 44.2 Å². The minimum atomic E-state index is -1.92. The molecule has 0 spiro atoms. The fraction of sp³-hybridized carbons (Fsp3) is 0.667. The van der Waals surface area contributed by atoms with Gasteiger partial charge in [-0.2, -0.15) is 0 Å². The van der Waals surface area contributed by atoms with E-state index in [1.165, 1.54) is 0 Å². The number of esters is 3. The van der Waals surface area contributed by atoms with E-state index in [2.05, 4.69) is 25.4 Å². The molecular weight excluding hydrogens is 371 g/mol. The SMILES string of the molecule is CC(=O)OC[C@@H](OC=O)[C@@H](OC(C)=O)[C@H](OC(C)=O)C(F)Br. The summed E-state index contributed by atoms with van der Waals surface area (Å²) in [5.41, 5.74) is 0. The van der Waals surface area contributed by atoms with E-state index in [0.29, 0.717) is 0 Å². The zero-order chi connectivity index (χ0) is 17.3. The lowest BCUT2D eigenvalue weighted by Crippen LogP contribution is -2.49. The maximum Gasteiger partial charge on any atom is 0.303 e. The molecule has 8 nitrogen and oxygen atoms in total. The number of carbonyl (C=O) groups excluding carboxylic acids is 4. The highest BCUT2D eigenvalue weighted by molar-refractivity contribution is 9.09. The average Bonchev–Trinajstić information content (AvgIpc) is 2.37. The van der Waals surface area contributed by atoms with E-state index < -0.39 is 47.9 Å². The molecule has 0 amide bonds. The van der Waals surface area contributed by atoms with Crippen LogP contribution in [-0.2, 0) is 38.1 Å². The third-order valence-electron chi connectivity index (χ3n) is 2.22. The molecule has 0 saturated carbocycles. The quantitative estimate of drug-likeness (QED) is 0.246. The van der Waals surface area contributed by atoms with Gasteiger partial charge in [-0.05, 0) is 15.9 Å². The molecule has 0 heterocycles. The first-order chi connectivity index (χ1) is 10.2. The topological polar surface area (TPSA) is 105 Å². The van der Waals surface area contributed by atoms with Crippen LogP contribution >= 0.6 is 15.9 Å². The average molecular weight is 387 g/mol. The summed E-state index contributed by atoms with van der Waals surface area (Å²) in [6.45, 7) is 2.66. The van der Waals surface area contributed by atoms with E-state index in [9.17, 15) is 23.6 Å². The zero-order valence-corrected chi connectivity index (χ0v) is 13.7. The summed E-state index contributed by atoms with van der Waals surface area (Å²) in [7, 11) is 0. The molecular formula is C12H16BrFO8. The van der Waals surface area contributed by atoms with Crippen LogP contribution in [0.25, 0.3) is 0 Å². The molecule has 0 radical (unpaired) electrons. The van der Waals surface area contributed by atoms with Crippen LogP contribution in [0.5, 0.6) is 0 Å². The van der Waals surface area contributed by atoms with Crippen LogP contribution in [0, 0.1) is 0 Å². The second-order valence-electron chi connectivity index (χ2n) is 4.06. The Kier molecular flexibility index (Phi) is 9.31. The maximum absolute atomic E-state index is 13.6.